The molecular weight excluding hydrogens is 329 g/mol. The van der Waals surface area contributed by atoms with E-state index < -0.39 is 5.91 Å². The molecule has 0 aliphatic rings. The maximum absolute atomic E-state index is 13.1. The maximum Gasteiger partial charge on any atom is 0.248 e. The molecule has 128 valence electrons. The Morgan fingerprint density at radius 2 is 1.81 bits per heavy atom. The molecule has 4 aromatic rings. The van der Waals surface area contributed by atoms with Crippen LogP contribution in [-0.2, 0) is 6.42 Å². The first-order valence-corrected chi connectivity index (χ1v) is 8.22. The molecule has 0 spiro atoms. The fourth-order valence-electron chi connectivity index (χ4n) is 3.05. The molecule has 0 saturated heterocycles. The first kappa shape index (κ1) is 16.0. The Balaban J connectivity index is 1.68. The number of carbonyl (C=O) groups excluding carboxylic acids is 1. The third kappa shape index (κ3) is 3.07. The van der Waals surface area contributed by atoms with E-state index in [1.54, 1.807) is 28.8 Å². The highest BCUT2D eigenvalue weighted by Gasteiger charge is 2.09. The number of carbonyl (C=O) groups is 1. The molecule has 0 unspecified atom stereocenters. The van der Waals surface area contributed by atoms with Crippen LogP contribution in [0.1, 0.15) is 21.5 Å². The van der Waals surface area contributed by atoms with Crippen molar-refractivity contribution in [3.05, 3.63) is 95.4 Å². The van der Waals surface area contributed by atoms with Crippen molar-refractivity contribution in [2.45, 2.75) is 6.42 Å². The Labute approximate surface area is 149 Å². The van der Waals surface area contributed by atoms with Gasteiger partial charge in [0.15, 0.2) is 0 Å². The fraction of sp³-hybridized carbons (Fsp3) is 0.0476. The molecule has 0 fully saturated rings. The smallest absolute Gasteiger partial charge is 0.248 e. The third-order valence-electron chi connectivity index (χ3n) is 4.35. The van der Waals surface area contributed by atoms with Gasteiger partial charge in [-0.2, -0.15) is 5.10 Å². The third-order valence-corrected chi connectivity index (χ3v) is 4.35. The lowest BCUT2D eigenvalue weighted by Crippen LogP contribution is -2.13. The lowest BCUT2D eigenvalue weighted by molar-refractivity contribution is 0.0999. The summed E-state index contributed by atoms with van der Waals surface area (Å²) in [7, 11) is 0. The van der Waals surface area contributed by atoms with Crippen molar-refractivity contribution in [2.75, 3.05) is 0 Å². The maximum atomic E-state index is 13.1. The van der Waals surface area contributed by atoms with E-state index in [4.69, 9.17) is 5.73 Å². The second-order valence-corrected chi connectivity index (χ2v) is 6.14. The topological polar surface area (TPSA) is 60.4 Å². The number of fused-ring (bicyclic) bond motifs is 1. The zero-order valence-electron chi connectivity index (χ0n) is 13.9. The molecule has 2 aromatic heterocycles. The summed E-state index contributed by atoms with van der Waals surface area (Å²) in [6.45, 7) is 0. The SMILES string of the molecule is NC(=O)c1ccccc1Cc1ccn2nc(-c3ccc(F)cc3)cc2c1. The van der Waals surface area contributed by atoms with Gasteiger partial charge in [-0.05, 0) is 66.1 Å². The average Bonchev–Trinajstić information content (AvgIpc) is 3.06. The van der Waals surface area contributed by atoms with Gasteiger partial charge in [0.25, 0.3) is 0 Å². The van der Waals surface area contributed by atoms with E-state index in [1.165, 1.54) is 12.1 Å². The summed E-state index contributed by atoms with van der Waals surface area (Å²) >= 11 is 0. The minimum absolute atomic E-state index is 0.270. The summed E-state index contributed by atoms with van der Waals surface area (Å²) in [4.78, 5) is 11.6. The molecule has 0 aliphatic heterocycles. The number of nitrogens with two attached hydrogens (primary N) is 1. The number of hydrogen-bond acceptors (Lipinski definition) is 2. The van der Waals surface area contributed by atoms with E-state index in [-0.39, 0.29) is 5.82 Å². The largest absolute Gasteiger partial charge is 0.366 e. The van der Waals surface area contributed by atoms with Gasteiger partial charge in [0.1, 0.15) is 5.82 Å². The predicted octanol–water partition coefficient (Wildman–Crippen LogP) is 3.83. The number of benzene rings is 2. The monoisotopic (exact) mass is 345 g/mol. The summed E-state index contributed by atoms with van der Waals surface area (Å²) in [6.07, 6.45) is 2.48. The Morgan fingerprint density at radius 3 is 2.58 bits per heavy atom. The quantitative estimate of drug-likeness (QED) is 0.611. The number of primary amides is 1. The molecule has 1 amide bonds. The van der Waals surface area contributed by atoms with Crippen LogP contribution in [0, 0.1) is 5.82 Å². The summed E-state index contributed by atoms with van der Waals surface area (Å²) in [5, 5.41) is 4.53. The van der Waals surface area contributed by atoms with Crippen LogP contribution in [0.2, 0.25) is 0 Å². The summed E-state index contributed by atoms with van der Waals surface area (Å²) in [5.74, 6) is -0.697. The Bertz CT molecular complexity index is 1100. The van der Waals surface area contributed by atoms with E-state index in [1.807, 2.05) is 36.5 Å². The fourth-order valence-corrected chi connectivity index (χ4v) is 3.05. The van der Waals surface area contributed by atoms with Crippen molar-refractivity contribution in [1.29, 1.82) is 0 Å². The molecule has 4 nitrogen and oxygen atoms in total. The van der Waals surface area contributed by atoms with Crippen molar-refractivity contribution in [3.63, 3.8) is 0 Å². The van der Waals surface area contributed by atoms with E-state index in [0.717, 1.165) is 27.9 Å². The highest BCUT2D eigenvalue weighted by molar-refractivity contribution is 5.94. The van der Waals surface area contributed by atoms with Crippen LogP contribution in [0.25, 0.3) is 16.8 Å². The van der Waals surface area contributed by atoms with Gasteiger partial charge >= 0.3 is 0 Å². The van der Waals surface area contributed by atoms with Gasteiger partial charge in [-0.25, -0.2) is 8.91 Å². The first-order chi connectivity index (χ1) is 12.6. The highest BCUT2D eigenvalue weighted by atomic mass is 19.1. The van der Waals surface area contributed by atoms with Gasteiger partial charge in [0, 0.05) is 17.3 Å². The van der Waals surface area contributed by atoms with Crippen molar-refractivity contribution in [3.8, 4) is 11.3 Å². The van der Waals surface area contributed by atoms with E-state index in [9.17, 15) is 9.18 Å². The zero-order valence-corrected chi connectivity index (χ0v) is 13.9. The van der Waals surface area contributed by atoms with Crippen molar-refractivity contribution < 1.29 is 9.18 Å². The molecule has 0 saturated carbocycles. The van der Waals surface area contributed by atoms with E-state index in [0.29, 0.717) is 12.0 Å². The van der Waals surface area contributed by atoms with E-state index >= 15 is 0 Å². The second kappa shape index (κ2) is 6.44. The van der Waals surface area contributed by atoms with Crippen molar-refractivity contribution in [2.24, 2.45) is 5.73 Å². The predicted molar refractivity (Wildman–Crippen MR) is 98.4 cm³/mol. The molecule has 0 atom stereocenters. The molecule has 26 heavy (non-hydrogen) atoms. The van der Waals surface area contributed by atoms with Gasteiger partial charge in [-0.1, -0.05) is 18.2 Å². The molecule has 0 radical (unpaired) electrons. The van der Waals surface area contributed by atoms with E-state index in [2.05, 4.69) is 5.10 Å². The molecule has 2 heterocycles. The van der Waals surface area contributed by atoms with Gasteiger partial charge in [0.2, 0.25) is 5.91 Å². The number of amides is 1. The normalized spacial score (nSPS) is 11.0. The summed E-state index contributed by atoms with van der Waals surface area (Å²) < 4.78 is 14.9. The molecular formula is C21H16FN3O. The zero-order chi connectivity index (χ0) is 18.1. The lowest BCUT2D eigenvalue weighted by Gasteiger charge is -2.07. The average molecular weight is 345 g/mol. The minimum atomic E-state index is -0.426. The Hall–Kier alpha value is -3.47. The Morgan fingerprint density at radius 1 is 1.04 bits per heavy atom. The molecule has 2 N–H and O–H groups in total. The first-order valence-electron chi connectivity index (χ1n) is 8.22. The molecule has 0 aliphatic carbocycles. The van der Waals surface area contributed by atoms with Gasteiger partial charge in [-0.3, -0.25) is 4.79 Å². The summed E-state index contributed by atoms with van der Waals surface area (Å²) in [6, 6.07) is 19.6. The summed E-state index contributed by atoms with van der Waals surface area (Å²) in [5.41, 5.74) is 10.5. The van der Waals surface area contributed by atoms with Crippen LogP contribution in [0.15, 0.2) is 72.9 Å². The lowest BCUT2D eigenvalue weighted by atomic mass is 10.00. The van der Waals surface area contributed by atoms with Gasteiger partial charge in [-0.15, -0.1) is 0 Å². The highest BCUT2D eigenvalue weighted by Crippen LogP contribution is 2.22. The van der Waals surface area contributed by atoms with Crippen molar-refractivity contribution in [1.82, 2.24) is 9.61 Å². The molecule has 0 bridgehead atoms. The Kier molecular flexibility index (Phi) is 3.97. The van der Waals surface area contributed by atoms with Crippen LogP contribution >= 0.6 is 0 Å². The number of hydrogen-bond donors (Lipinski definition) is 1. The van der Waals surface area contributed by atoms with Gasteiger partial charge in [0.05, 0.1) is 11.2 Å². The number of halogens is 1. The minimum Gasteiger partial charge on any atom is -0.366 e. The van der Waals surface area contributed by atoms with Crippen LogP contribution in [-0.4, -0.2) is 15.5 Å². The van der Waals surface area contributed by atoms with Crippen LogP contribution in [0.3, 0.4) is 0 Å². The van der Waals surface area contributed by atoms with Crippen LogP contribution in [0.4, 0.5) is 4.39 Å². The molecule has 2 aromatic carbocycles. The molecule has 4 rings (SSSR count). The number of rotatable bonds is 4. The second-order valence-electron chi connectivity index (χ2n) is 6.14. The standard InChI is InChI=1S/C21H16FN3O/c22-17-7-5-15(6-8-17)20-13-18-12-14(9-10-25(18)24-20)11-16-3-1-2-4-19(16)21(23)26/h1-10,12-13H,11H2,(H2,23,26). The molecule has 5 heteroatoms. The number of aromatic nitrogens is 2. The van der Waals surface area contributed by atoms with Crippen molar-refractivity contribution >= 4 is 11.4 Å². The van der Waals surface area contributed by atoms with Gasteiger partial charge < -0.3 is 5.73 Å². The van der Waals surface area contributed by atoms with Crippen LogP contribution in [0.5, 0.6) is 0 Å². The number of pyridine rings is 1. The van der Waals surface area contributed by atoms with Crippen LogP contribution < -0.4 is 5.73 Å². The number of nitrogens with zero attached hydrogens (tertiary/aromatic N) is 2.